The van der Waals surface area contributed by atoms with Crippen LogP contribution in [-0.2, 0) is 14.6 Å². The van der Waals surface area contributed by atoms with Crippen LogP contribution < -0.4 is 5.32 Å². The van der Waals surface area contributed by atoms with Crippen molar-refractivity contribution in [2.45, 2.75) is 24.2 Å². The molecule has 2 aromatic carbocycles. The van der Waals surface area contributed by atoms with Gasteiger partial charge >= 0.3 is 0 Å². The molecule has 0 saturated carbocycles. The van der Waals surface area contributed by atoms with Crippen LogP contribution in [0.4, 0.5) is 5.13 Å². The van der Waals surface area contributed by atoms with E-state index in [-0.39, 0.29) is 16.7 Å². The van der Waals surface area contributed by atoms with Crippen LogP contribution >= 0.6 is 11.3 Å². The highest BCUT2D eigenvalue weighted by atomic mass is 32.2. The van der Waals surface area contributed by atoms with E-state index in [2.05, 4.69) is 10.3 Å². The first-order valence-electron chi connectivity index (χ1n) is 7.78. The van der Waals surface area contributed by atoms with Gasteiger partial charge in [-0.05, 0) is 29.7 Å². The molecule has 5 nitrogen and oxygen atoms in total. The van der Waals surface area contributed by atoms with E-state index in [0.717, 1.165) is 10.3 Å². The molecular weight excluding hydrogens is 356 g/mol. The molecule has 1 amide bonds. The minimum Gasteiger partial charge on any atom is -0.302 e. The van der Waals surface area contributed by atoms with Crippen molar-refractivity contribution in [2.75, 3.05) is 11.6 Å². The van der Waals surface area contributed by atoms with Crippen LogP contribution in [0.3, 0.4) is 0 Å². The predicted octanol–water partition coefficient (Wildman–Crippen LogP) is 3.83. The molecule has 130 valence electrons. The second kappa shape index (κ2) is 6.93. The third-order valence-electron chi connectivity index (χ3n) is 3.89. The quantitative estimate of drug-likeness (QED) is 0.736. The van der Waals surface area contributed by atoms with Gasteiger partial charge in [0.05, 0.1) is 15.1 Å². The maximum atomic E-state index is 12.3. The van der Waals surface area contributed by atoms with Crippen molar-refractivity contribution in [1.82, 2.24) is 4.98 Å². The highest BCUT2D eigenvalue weighted by Gasteiger charge is 2.14. The summed E-state index contributed by atoms with van der Waals surface area (Å²) in [6.07, 6.45) is 1.53. The van der Waals surface area contributed by atoms with Gasteiger partial charge in [0.2, 0.25) is 5.91 Å². The number of hydrogen-bond donors (Lipinski definition) is 1. The molecule has 1 aromatic heterocycles. The van der Waals surface area contributed by atoms with Gasteiger partial charge in [-0.3, -0.25) is 4.79 Å². The second-order valence-electron chi connectivity index (χ2n) is 5.98. The Morgan fingerprint density at radius 1 is 1.20 bits per heavy atom. The van der Waals surface area contributed by atoms with Crippen molar-refractivity contribution < 1.29 is 13.2 Å². The fourth-order valence-electron chi connectivity index (χ4n) is 2.54. The lowest BCUT2D eigenvalue weighted by atomic mass is 9.98. The minimum atomic E-state index is -3.26. The average molecular weight is 374 g/mol. The SMILES string of the molecule is CC(CC(=O)Nc1nc2ccc(S(C)(=O)=O)cc2s1)c1ccccc1. The van der Waals surface area contributed by atoms with Crippen LogP contribution in [0.1, 0.15) is 24.8 Å². The third-order valence-corrected chi connectivity index (χ3v) is 5.94. The number of carbonyl (C=O) groups is 1. The van der Waals surface area contributed by atoms with E-state index in [1.54, 1.807) is 12.1 Å². The number of aromatic nitrogens is 1. The van der Waals surface area contributed by atoms with Crippen LogP contribution in [0.2, 0.25) is 0 Å². The lowest BCUT2D eigenvalue weighted by Crippen LogP contribution is -2.14. The monoisotopic (exact) mass is 374 g/mol. The topological polar surface area (TPSA) is 76.1 Å². The van der Waals surface area contributed by atoms with E-state index in [4.69, 9.17) is 0 Å². The molecule has 0 aliphatic carbocycles. The van der Waals surface area contributed by atoms with Gasteiger partial charge in [-0.1, -0.05) is 48.6 Å². The first-order chi connectivity index (χ1) is 11.8. The van der Waals surface area contributed by atoms with E-state index in [1.807, 2.05) is 37.3 Å². The molecule has 3 aromatic rings. The molecule has 0 saturated heterocycles. The van der Waals surface area contributed by atoms with Crippen molar-refractivity contribution in [3.63, 3.8) is 0 Å². The molecule has 0 spiro atoms. The lowest BCUT2D eigenvalue weighted by molar-refractivity contribution is -0.116. The van der Waals surface area contributed by atoms with Crippen molar-refractivity contribution in [2.24, 2.45) is 0 Å². The first kappa shape index (κ1) is 17.6. The summed E-state index contributed by atoms with van der Waals surface area (Å²) < 4.78 is 24.0. The van der Waals surface area contributed by atoms with E-state index in [9.17, 15) is 13.2 Å². The fourth-order valence-corrected chi connectivity index (χ4v) is 4.18. The molecule has 0 fully saturated rings. The number of thiazole rings is 1. The average Bonchev–Trinajstić information content (AvgIpc) is 2.95. The molecule has 3 rings (SSSR count). The number of anilines is 1. The molecule has 1 N–H and O–H groups in total. The third kappa shape index (κ3) is 4.24. The highest BCUT2D eigenvalue weighted by Crippen LogP contribution is 2.29. The van der Waals surface area contributed by atoms with Crippen molar-refractivity contribution >= 4 is 42.4 Å². The Balaban J connectivity index is 1.73. The smallest absolute Gasteiger partial charge is 0.226 e. The molecule has 0 aliphatic heterocycles. The molecule has 0 aliphatic rings. The maximum Gasteiger partial charge on any atom is 0.226 e. The Kier molecular flexibility index (Phi) is 4.87. The zero-order valence-corrected chi connectivity index (χ0v) is 15.5. The number of benzene rings is 2. The molecule has 7 heteroatoms. The van der Waals surface area contributed by atoms with Gasteiger partial charge in [0.15, 0.2) is 15.0 Å². The van der Waals surface area contributed by atoms with Crippen LogP contribution in [0.15, 0.2) is 53.4 Å². The van der Waals surface area contributed by atoms with E-state index in [1.165, 1.54) is 23.7 Å². The largest absolute Gasteiger partial charge is 0.302 e. The number of amides is 1. The van der Waals surface area contributed by atoms with Gasteiger partial charge in [-0.15, -0.1) is 0 Å². The Hall–Kier alpha value is -2.25. The summed E-state index contributed by atoms with van der Waals surface area (Å²) in [5.74, 6) is -0.00818. The number of nitrogens with one attached hydrogen (secondary N) is 1. The Bertz CT molecular complexity index is 1010. The zero-order chi connectivity index (χ0) is 18.0. The Morgan fingerprint density at radius 3 is 2.60 bits per heavy atom. The summed E-state index contributed by atoms with van der Waals surface area (Å²) >= 11 is 1.27. The summed E-state index contributed by atoms with van der Waals surface area (Å²) in [6.45, 7) is 2.01. The molecule has 0 bridgehead atoms. The minimum absolute atomic E-state index is 0.104. The van der Waals surface area contributed by atoms with Crippen molar-refractivity contribution in [1.29, 1.82) is 0 Å². The summed E-state index contributed by atoms with van der Waals surface area (Å²) in [6, 6.07) is 14.6. The van der Waals surface area contributed by atoms with Gasteiger partial charge in [0.25, 0.3) is 0 Å². The standard InChI is InChI=1S/C18H18N2O3S2/c1-12(13-6-4-3-5-7-13)10-17(21)20-18-19-15-9-8-14(25(2,22)23)11-16(15)24-18/h3-9,11-12H,10H2,1-2H3,(H,19,20,21). The van der Waals surface area contributed by atoms with Crippen LogP contribution in [0.5, 0.6) is 0 Å². The molecule has 1 atom stereocenters. The van der Waals surface area contributed by atoms with E-state index >= 15 is 0 Å². The van der Waals surface area contributed by atoms with Crippen LogP contribution in [0, 0.1) is 0 Å². The van der Waals surface area contributed by atoms with E-state index in [0.29, 0.717) is 17.1 Å². The first-order valence-corrected chi connectivity index (χ1v) is 10.5. The number of rotatable bonds is 5. The number of nitrogens with zero attached hydrogens (tertiary/aromatic N) is 1. The molecular formula is C18H18N2O3S2. The van der Waals surface area contributed by atoms with Gasteiger partial charge in [-0.25, -0.2) is 13.4 Å². The normalized spacial score (nSPS) is 12.9. The molecule has 1 heterocycles. The summed E-state index contributed by atoms with van der Waals surface area (Å²) in [7, 11) is -3.26. The highest BCUT2D eigenvalue weighted by molar-refractivity contribution is 7.90. The maximum absolute atomic E-state index is 12.3. The van der Waals surface area contributed by atoms with Crippen LogP contribution in [0.25, 0.3) is 10.2 Å². The van der Waals surface area contributed by atoms with Gasteiger partial charge < -0.3 is 5.32 Å². The molecule has 25 heavy (non-hydrogen) atoms. The molecule has 1 unspecified atom stereocenters. The number of sulfone groups is 1. The van der Waals surface area contributed by atoms with Gasteiger partial charge in [0.1, 0.15) is 0 Å². The van der Waals surface area contributed by atoms with Crippen LogP contribution in [-0.4, -0.2) is 25.6 Å². The number of hydrogen-bond acceptors (Lipinski definition) is 5. The van der Waals surface area contributed by atoms with Gasteiger partial charge in [-0.2, -0.15) is 0 Å². The fraction of sp³-hybridized carbons (Fsp3) is 0.222. The second-order valence-corrected chi connectivity index (χ2v) is 9.03. The summed E-state index contributed by atoms with van der Waals surface area (Å²) in [5, 5.41) is 3.29. The van der Waals surface area contributed by atoms with Gasteiger partial charge in [0, 0.05) is 12.7 Å². The van der Waals surface area contributed by atoms with Crippen molar-refractivity contribution in [3.8, 4) is 0 Å². The summed E-state index contributed by atoms with van der Waals surface area (Å²) in [5.41, 5.74) is 1.78. The number of carbonyl (C=O) groups excluding carboxylic acids is 1. The molecule has 0 radical (unpaired) electrons. The zero-order valence-electron chi connectivity index (χ0n) is 13.9. The lowest BCUT2D eigenvalue weighted by Gasteiger charge is -2.10. The summed E-state index contributed by atoms with van der Waals surface area (Å²) in [4.78, 5) is 16.9. The number of fused-ring (bicyclic) bond motifs is 1. The van der Waals surface area contributed by atoms with Crippen molar-refractivity contribution in [3.05, 3.63) is 54.1 Å². The predicted molar refractivity (Wildman–Crippen MR) is 101 cm³/mol. The Morgan fingerprint density at radius 2 is 1.92 bits per heavy atom. The Labute approximate surface area is 150 Å². The van der Waals surface area contributed by atoms with E-state index < -0.39 is 9.84 Å².